The summed E-state index contributed by atoms with van der Waals surface area (Å²) in [7, 11) is -0.996. The Balaban J connectivity index is 1.65. The van der Waals surface area contributed by atoms with Gasteiger partial charge in [-0.05, 0) is 57.2 Å². The molecule has 4 rings (SSSR count). The fourth-order valence-corrected chi connectivity index (χ4v) is 5.70. The van der Waals surface area contributed by atoms with Crippen molar-refractivity contribution in [2.24, 2.45) is 5.92 Å². The van der Waals surface area contributed by atoms with Crippen LogP contribution in [0.2, 0.25) is 5.02 Å². The van der Waals surface area contributed by atoms with Crippen molar-refractivity contribution in [3.63, 3.8) is 0 Å². The largest absolute Gasteiger partial charge is 0.483 e. The van der Waals surface area contributed by atoms with Crippen molar-refractivity contribution in [2.45, 2.75) is 51.4 Å². The quantitative estimate of drug-likeness (QED) is 0.634. The van der Waals surface area contributed by atoms with Crippen molar-refractivity contribution in [3.8, 4) is 11.4 Å². The van der Waals surface area contributed by atoms with Crippen molar-refractivity contribution in [1.29, 1.82) is 0 Å². The Bertz CT molecular complexity index is 1040. The van der Waals surface area contributed by atoms with Crippen molar-refractivity contribution < 1.29 is 8.95 Å². The van der Waals surface area contributed by atoms with Gasteiger partial charge >= 0.3 is 5.56 Å². The van der Waals surface area contributed by atoms with Crippen LogP contribution in [0.25, 0.3) is 5.69 Å². The molecule has 1 aromatic heterocycles. The Labute approximate surface area is 196 Å². The van der Waals surface area contributed by atoms with E-state index in [9.17, 15) is 9.00 Å². The molecule has 32 heavy (non-hydrogen) atoms. The van der Waals surface area contributed by atoms with Crippen LogP contribution in [0.4, 0.5) is 5.69 Å². The number of piperazine rings is 1. The number of ether oxygens (including phenoxy) is 1. The van der Waals surface area contributed by atoms with Crippen LogP contribution >= 0.6 is 11.6 Å². The zero-order chi connectivity index (χ0) is 22.8. The lowest BCUT2D eigenvalue weighted by Crippen LogP contribution is -2.48. The van der Waals surface area contributed by atoms with E-state index in [-0.39, 0.29) is 16.9 Å². The van der Waals surface area contributed by atoms with Gasteiger partial charge in [0, 0.05) is 36.5 Å². The molecule has 1 saturated heterocycles. The van der Waals surface area contributed by atoms with E-state index in [4.69, 9.17) is 16.3 Å². The van der Waals surface area contributed by atoms with Crippen LogP contribution in [0.1, 0.15) is 40.0 Å². The second kappa shape index (κ2) is 9.93. The lowest BCUT2D eigenvalue weighted by Gasteiger charge is -2.36. The lowest BCUT2D eigenvalue weighted by molar-refractivity contribution is 0.201. The third-order valence-electron chi connectivity index (χ3n) is 6.14. The van der Waals surface area contributed by atoms with Gasteiger partial charge in [-0.15, -0.1) is 0 Å². The van der Waals surface area contributed by atoms with Crippen LogP contribution in [0.15, 0.2) is 35.3 Å². The summed E-state index contributed by atoms with van der Waals surface area (Å²) in [5, 5.41) is 5.08. The van der Waals surface area contributed by atoms with Crippen molar-refractivity contribution in [3.05, 3.63) is 45.8 Å². The molecule has 1 saturated carbocycles. The first-order valence-electron chi connectivity index (χ1n) is 11.3. The molecule has 0 spiro atoms. The molecule has 174 valence electrons. The van der Waals surface area contributed by atoms with Crippen molar-refractivity contribution in [1.82, 2.24) is 14.1 Å². The van der Waals surface area contributed by atoms with Gasteiger partial charge in [0.25, 0.3) is 0 Å². The molecule has 2 aliphatic rings. The van der Waals surface area contributed by atoms with Gasteiger partial charge < -0.3 is 9.64 Å². The van der Waals surface area contributed by atoms with Crippen LogP contribution in [0, 0.1) is 5.92 Å². The summed E-state index contributed by atoms with van der Waals surface area (Å²) in [5.74, 6) is 0.938. The van der Waals surface area contributed by atoms with Gasteiger partial charge in [0.15, 0.2) is 0 Å². The SMILES string of the molecule is CC1CCC(Oc2c(N3CCN(S(=O)C(C)C)CC3)cnn(-c3cccc(Cl)c3)c2=O)C1. The second-order valence-electron chi connectivity index (χ2n) is 8.95. The monoisotopic (exact) mass is 478 g/mol. The highest BCUT2D eigenvalue weighted by molar-refractivity contribution is 7.83. The van der Waals surface area contributed by atoms with E-state index < -0.39 is 11.0 Å². The first-order chi connectivity index (χ1) is 15.3. The number of rotatable bonds is 6. The highest BCUT2D eigenvalue weighted by atomic mass is 35.5. The number of aromatic nitrogens is 2. The number of nitrogens with zero attached hydrogens (tertiary/aromatic N) is 4. The standard InChI is InChI=1S/C23H31ClN4O3S/c1-16(2)32(30)27-11-9-26(10-12-27)21-15-25-28(19-6-4-5-18(24)14-19)23(29)22(21)31-20-8-7-17(3)13-20/h4-6,14-17,20H,7-13H2,1-3H3. The Kier molecular flexibility index (Phi) is 7.22. The van der Waals surface area contributed by atoms with Gasteiger partial charge in [0.1, 0.15) is 5.69 Å². The molecule has 3 unspecified atom stereocenters. The van der Waals surface area contributed by atoms with Gasteiger partial charge in [0.2, 0.25) is 5.75 Å². The molecule has 2 aromatic rings. The predicted octanol–water partition coefficient (Wildman–Crippen LogP) is 3.65. The van der Waals surface area contributed by atoms with E-state index in [1.165, 1.54) is 4.68 Å². The summed E-state index contributed by atoms with van der Waals surface area (Å²) >= 11 is 6.14. The highest BCUT2D eigenvalue weighted by Gasteiger charge is 2.29. The van der Waals surface area contributed by atoms with Crippen LogP contribution < -0.4 is 15.2 Å². The van der Waals surface area contributed by atoms with Crippen LogP contribution in [-0.2, 0) is 11.0 Å². The van der Waals surface area contributed by atoms with Gasteiger partial charge in [-0.2, -0.15) is 9.78 Å². The van der Waals surface area contributed by atoms with Gasteiger partial charge in [-0.3, -0.25) is 4.79 Å². The fraction of sp³-hybridized carbons (Fsp3) is 0.565. The Morgan fingerprint density at radius 3 is 2.56 bits per heavy atom. The lowest BCUT2D eigenvalue weighted by atomic mass is 10.1. The summed E-state index contributed by atoms with van der Waals surface area (Å²) in [6.07, 6.45) is 4.74. The minimum Gasteiger partial charge on any atom is -0.483 e. The van der Waals surface area contributed by atoms with Gasteiger partial charge in [-0.1, -0.05) is 24.6 Å². The zero-order valence-electron chi connectivity index (χ0n) is 18.9. The van der Waals surface area contributed by atoms with Crippen molar-refractivity contribution >= 4 is 28.3 Å². The molecule has 1 aliphatic heterocycles. The van der Waals surface area contributed by atoms with E-state index in [2.05, 4.69) is 16.9 Å². The molecule has 3 atom stereocenters. The second-order valence-corrected chi connectivity index (χ2v) is 11.4. The Hall–Kier alpha value is -1.90. The number of anilines is 1. The summed E-state index contributed by atoms with van der Waals surface area (Å²) in [5.41, 5.74) is 1.04. The van der Waals surface area contributed by atoms with Gasteiger partial charge in [0.05, 0.1) is 29.0 Å². The topological polar surface area (TPSA) is 67.7 Å². The number of hydrogen-bond acceptors (Lipinski definition) is 5. The predicted molar refractivity (Wildman–Crippen MR) is 129 cm³/mol. The third kappa shape index (κ3) is 5.02. The molecule has 0 N–H and O–H groups in total. The molecule has 7 nitrogen and oxygen atoms in total. The molecule has 0 bridgehead atoms. The van der Waals surface area contributed by atoms with Gasteiger partial charge in [-0.25, -0.2) is 8.51 Å². The maximum absolute atomic E-state index is 13.5. The van der Waals surface area contributed by atoms with E-state index in [1.807, 2.05) is 18.2 Å². The average Bonchev–Trinajstić information content (AvgIpc) is 3.19. The molecular weight excluding hydrogens is 448 g/mol. The average molecular weight is 479 g/mol. The Morgan fingerprint density at radius 1 is 1.19 bits per heavy atom. The minimum absolute atomic E-state index is 0.0291. The van der Waals surface area contributed by atoms with Crippen LogP contribution in [0.5, 0.6) is 5.75 Å². The molecule has 0 radical (unpaired) electrons. The molecule has 0 amide bonds. The number of benzene rings is 1. The molecule has 2 heterocycles. The van der Waals surface area contributed by atoms with E-state index in [1.54, 1.807) is 30.5 Å². The Morgan fingerprint density at radius 2 is 1.94 bits per heavy atom. The summed E-state index contributed by atoms with van der Waals surface area (Å²) in [6.45, 7) is 8.82. The molecule has 1 aromatic carbocycles. The normalized spacial score (nSPS) is 23.0. The first-order valence-corrected chi connectivity index (χ1v) is 12.8. The summed E-state index contributed by atoms with van der Waals surface area (Å²) < 4.78 is 22.2. The first kappa shape index (κ1) is 23.3. The molecule has 9 heteroatoms. The fourth-order valence-electron chi connectivity index (χ4n) is 4.39. The van der Waals surface area contributed by atoms with Crippen LogP contribution in [0.3, 0.4) is 0 Å². The van der Waals surface area contributed by atoms with E-state index in [0.717, 1.165) is 19.3 Å². The summed E-state index contributed by atoms with van der Waals surface area (Å²) in [6, 6.07) is 7.09. The van der Waals surface area contributed by atoms with Crippen LogP contribution in [-0.4, -0.2) is 55.8 Å². The maximum atomic E-state index is 13.5. The third-order valence-corrected chi connectivity index (χ3v) is 8.05. The zero-order valence-corrected chi connectivity index (χ0v) is 20.4. The number of hydrogen-bond donors (Lipinski definition) is 0. The van der Waals surface area contributed by atoms with E-state index >= 15 is 0 Å². The molecular formula is C23H31ClN4O3S. The van der Waals surface area contributed by atoms with E-state index in [0.29, 0.717) is 54.2 Å². The minimum atomic E-state index is -0.996. The highest BCUT2D eigenvalue weighted by Crippen LogP contribution is 2.32. The summed E-state index contributed by atoms with van der Waals surface area (Å²) in [4.78, 5) is 15.6. The molecule has 2 fully saturated rings. The smallest absolute Gasteiger partial charge is 0.316 e. The number of halogens is 1. The van der Waals surface area contributed by atoms with Crippen molar-refractivity contribution in [2.75, 3.05) is 31.1 Å². The maximum Gasteiger partial charge on any atom is 0.316 e. The molecule has 1 aliphatic carbocycles.